The standard InChI is InChI=1S/C93H88BNO/c1-88(2,3)68-47-63(48-69(55-68)89(4,5)6)61-43-45-79-83(53-61)96-84-54-65(64-49-70(90(7,8)9)56-71(50-64)91(10,11)12)52-82-86(84)94(79)80-51-62(73-40-30-41-75-74-39-28-29-42-78(74)93(85(73)75,66-35-24-18-25-36-66)67-37-26-19-27-38-67)44-46-81(80)95(82)87-76(59-31-20-16-21-32-59)57-72(92(13,14)15)58-77(87)60-33-22-17-23-34-60/h16-58H,1-15H3. The molecule has 0 aromatic heterocycles. The van der Waals surface area contributed by atoms with Gasteiger partial charge >= 0.3 is 0 Å². The smallest absolute Gasteiger partial charge is 0.256 e. The number of nitrogens with zero attached hydrogens (tertiary/aromatic N) is 1. The molecule has 0 unspecified atom stereocenters. The van der Waals surface area contributed by atoms with Gasteiger partial charge in [0.15, 0.2) is 0 Å². The van der Waals surface area contributed by atoms with E-state index in [0.717, 1.165) is 67.3 Å². The van der Waals surface area contributed by atoms with Crippen LogP contribution in [0.5, 0.6) is 11.5 Å². The molecule has 15 rings (SSSR count). The van der Waals surface area contributed by atoms with E-state index in [1.54, 1.807) is 0 Å². The Kier molecular flexibility index (Phi) is 14.8. The summed E-state index contributed by atoms with van der Waals surface area (Å²) in [5.74, 6) is 1.75. The minimum Gasteiger partial charge on any atom is -0.458 e. The molecular formula is C93H88BNO. The zero-order valence-electron chi connectivity index (χ0n) is 58.8. The summed E-state index contributed by atoms with van der Waals surface area (Å²) in [6.45, 7) is 34.8. The number of anilines is 3. The molecule has 0 amide bonds. The third kappa shape index (κ3) is 10.6. The highest BCUT2D eigenvalue weighted by atomic mass is 16.5. The normalized spacial score (nSPS) is 13.9. The molecule has 0 radical (unpaired) electrons. The molecule has 0 atom stereocenters. The highest BCUT2D eigenvalue weighted by molar-refractivity contribution is 6.99. The summed E-state index contributed by atoms with van der Waals surface area (Å²) >= 11 is 0. The van der Waals surface area contributed by atoms with Gasteiger partial charge in [-0.3, -0.25) is 0 Å². The maximum atomic E-state index is 7.84. The molecule has 2 aliphatic heterocycles. The molecule has 12 aromatic carbocycles. The summed E-state index contributed by atoms with van der Waals surface area (Å²) in [5, 5.41) is 0. The molecule has 96 heavy (non-hydrogen) atoms. The molecule has 2 nitrogen and oxygen atoms in total. The van der Waals surface area contributed by atoms with Gasteiger partial charge in [-0.25, -0.2) is 0 Å². The molecule has 0 bridgehead atoms. The molecular weight excluding hydrogens is 1160 g/mol. The van der Waals surface area contributed by atoms with Crippen LogP contribution in [0.3, 0.4) is 0 Å². The molecule has 12 aromatic rings. The van der Waals surface area contributed by atoms with Crippen LogP contribution in [0, 0.1) is 0 Å². The number of ether oxygens (including phenoxy) is 1. The Morgan fingerprint density at radius 3 is 1.24 bits per heavy atom. The number of fused-ring (bicyclic) bond motifs is 7. The van der Waals surface area contributed by atoms with Crippen molar-refractivity contribution in [1.82, 2.24) is 0 Å². The van der Waals surface area contributed by atoms with Gasteiger partial charge in [-0.15, -0.1) is 0 Å². The first-order valence-electron chi connectivity index (χ1n) is 34.7. The largest absolute Gasteiger partial charge is 0.458 e. The fraction of sp³-hybridized carbons (Fsp3) is 0.226. The van der Waals surface area contributed by atoms with Gasteiger partial charge in [0.05, 0.1) is 11.1 Å². The van der Waals surface area contributed by atoms with Crippen LogP contribution in [0.2, 0.25) is 0 Å². The van der Waals surface area contributed by atoms with Crippen LogP contribution >= 0.6 is 0 Å². The molecule has 1 aliphatic carbocycles. The maximum absolute atomic E-state index is 7.84. The average molecular weight is 1250 g/mol. The third-order valence-corrected chi connectivity index (χ3v) is 20.9. The Hall–Kier alpha value is -9.70. The predicted molar refractivity (Wildman–Crippen MR) is 410 cm³/mol. The number of benzene rings is 12. The SMILES string of the molecule is CC(C)(C)c1cc(-c2ccc3c(c2)Oc2cc(-c4cc(C(C)(C)C)cc(C(C)(C)C)c4)cc4c2B3c2cc(-c3cccc5c3C(c3ccccc3)(c3ccccc3)c3ccccc3-5)ccc2N4c2c(-c3ccccc3)cc(C(C)(C)C)cc2-c2ccccc2)cc(C(C)(C)C)c1. The first kappa shape index (κ1) is 62.4. The van der Waals surface area contributed by atoms with E-state index in [9.17, 15) is 0 Å². The van der Waals surface area contributed by atoms with Gasteiger partial charge in [-0.2, -0.15) is 0 Å². The second-order valence-corrected chi connectivity index (χ2v) is 32.6. The minimum atomic E-state index is -0.622. The average Bonchev–Trinajstić information content (AvgIpc) is 1.47. The van der Waals surface area contributed by atoms with E-state index >= 15 is 0 Å². The lowest BCUT2D eigenvalue weighted by atomic mass is 9.34. The van der Waals surface area contributed by atoms with Gasteiger partial charge in [-0.05, 0) is 186 Å². The topological polar surface area (TPSA) is 12.5 Å². The van der Waals surface area contributed by atoms with Crippen molar-refractivity contribution in [3.63, 3.8) is 0 Å². The Morgan fingerprint density at radius 2 is 0.719 bits per heavy atom. The van der Waals surface area contributed by atoms with Crippen LogP contribution in [0.15, 0.2) is 261 Å². The van der Waals surface area contributed by atoms with Crippen LogP contribution in [-0.4, -0.2) is 6.71 Å². The molecule has 0 fully saturated rings. The summed E-state index contributed by atoms with van der Waals surface area (Å²) in [7, 11) is 0. The monoisotopic (exact) mass is 1250 g/mol. The maximum Gasteiger partial charge on any atom is 0.256 e. The van der Waals surface area contributed by atoms with Crippen LogP contribution < -0.4 is 26.0 Å². The molecule has 3 heteroatoms. The summed E-state index contributed by atoms with van der Waals surface area (Å²) < 4.78 is 7.84. The van der Waals surface area contributed by atoms with Crippen molar-refractivity contribution in [1.29, 1.82) is 0 Å². The predicted octanol–water partition coefficient (Wildman–Crippen LogP) is 23.3. The fourth-order valence-corrected chi connectivity index (χ4v) is 15.6. The van der Waals surface area contributed by atoms with Crippen LogP contribution in [0.1, 0.15) is 154 Å². The third-order valence-electron chi connectivity index (χ3n) is 20.9. The van der Waals surface area contributed by atoms with Gasteiger partial charge in [-0.1, -0.05) is 328 Å². The van der Waals surface area contributed by atoms with Crippen molar-refractivity contribution in [2.45, 2.75) is 136 Å². The first-order chi connectivity index (χ1) is 45.7. The highest BCUT2D eigenvalue weighted by Gasteiger charge is 2.49. The van der Waals surface area contributed by atoms with E-state index in [1.807, 2.05) is 0 Å². The number of rotatable bonds is 8. The second-order valence-electron chi connectivity index (χ2n) is 32.6. The number of hydrogen-bond acceptors (Lipinski definition) is 2. The Bertz CT molecular complexity index is 4860. The molecule has 3 aliphatic rings. The molecule has 0 saturated carbocycles. The van der Waals surface area contributed by atoms with Crippen LogP contribution in [-0.2, 0) is 32.5 Å². The van der Waals surface area contributed by atoms with Crippen molar-refractivity contribution in [2.24, 2.45) is 0 Å². The lowest BCUT2D eigenvalue weighted by Gasteiger charge is -2.42. The first-order valence-corrected chi connectivity index (χ1v) is 34.7. The van der Waals surface area contributed by atoms with Crippen molar-refractivity contribution in [3.8, 4) is 78.3 Å². The van der Waals surface area contributed by atoms with Gasteiger partial charge in [0.1, 0.15) is 11.5 Å². The Morgan fingerprint density at radius 1 is 0.292 bits per heavy atom. The Labute approximate surface area is 571 Å². The number of hydrogen-bond donors (Lipinski definition) is 0. The molecule has 0 N–H and O–H groups in total. The van der Waals surface area contributed by atoms with E-state index in [1.165, 1.54) is 94.5 Å². The lowest BCUT2D eigenvalue weighted by molar-refractivity contribution is 0.488. The highest BCUT2D eigenvalue weighted by Crippen LogP contribution is 2.60. The van der Waals surface area contributed by atoms with Crippen LogP contribution in [0.4, 0.5) is 17.1 Å². The minimum absolute atomic E-state index is 0.0592. The van der Waals surface area contributed by atoms with Gasteiger partial charge < -0.3 is 9.64 Å². The molecule has 2 heterocycles. The lowest BCUT2D eigenvalue weighted by Crippen LogP contribution is -2.59. The Balaban J connectivity index is 1.08. The van der Waals surface area contributed by atoms with Crippen molar-refractivity contribution in [3.05, 3.63) is 311 Å². The van der Waals surface area contributed by atoms with E-state index in [4.69, 9.17) is 4.74 Å². The summed E-state index contributed by atoms with van der Waals surface area (Å²) in [5.41, 5.74) is 31.6. The van der Waals surface area contributed by atoms with Crippen LogP contribution in [0.25, 0.3) is 66.8 Å². The summed E-state index contributed by atoms with van der Waals surface area (Å²) in [6, 6.07) is 100. The zero-order valence-corrected chi connectivity index (χ0v) is 58.8. The van der Waals surface area contributed by atoms with E-state index in [-0.39, 0.29) is 33.8 Å². The van der Waals surface area contributed by atoms with Crippen molar-refractivity contribution in [2.75, 3.05) is 4.90 Å². The van der Waals surface area contributed by atoms with Gasteiger partial charge in [0.2, 0.25) is 0 Å². The zero-order chi connectivity index (χ0) is 67.0. The van der Waals surface area contributed by atoms with E-state index in [0.29, 0.717) is 0 Å². The summed E-state index contributed by atoms with van der Waals surface area (Å²) in [6.07, 6.45) is 0. The summed E-state index contributed by atoms with van der Waals surface area (Å²) in [4.78, 5) is 2.66. The van der Waals surface area contributed by atoms with E-state index < -0.39 is 5.41 Å². The van der Waals surface area contributed by atoms with Gasteiger partial charge in [0.25, 0.3) is 6.71 Å². The van der Waals surface area contributed by atoms with E-state index in [2.05, 4.69) is 370 Å². The van der Waals surface area contributed by atoms with Gasteiger partial charge in [0, 0.05) is 22.5 Å². The second kappa shape index (κ2) is 22.7. The fourth-order valence-electron chi connectivity index (χ4n) is 15.6. The molecule has 0 saturated heterocycles. The van der Waals surface area contributed by atoms with Crippen molar-refractivity contribution < 1.29 is 4.74 Å². The van der Waals surface area contributed by atoms with Crippen molar-refractivity contribution >= 4 is 40.2 Å². The quantitative estimate of drug-likeness (QED) is 0.141. The molecule has 474 valence electrons. The molecule has 0 spiro atoms.